The fourth-order valence-electron chi connectivity index (χ4n) is 6.60. The minimum atomic E-state index is 0.423. The third-order valence-corrected chi connectivity index (χ3v) is 8.89. The van der Waals surface area contributed by atoms with Gasteiger partial charge in [-0.2, -0.15) is 0 Å². The Morgan fingerprint density at radius 3 is 2.12 bits per heavy atom. The fourth-order valence-corrected chi connectivity index (χ4v) is 6.60. The molecule has 2 rings (SSSR count). The molecule has 0 spiro atoms. The second kappa shape index (κ2) is 22.7. The molecular formula is C42H61B. The molecule has 0 aliphatic heterocycles. The zero-order valence-corrected chi connectivity index (χ0v) is 28.2. The maximum absolute atomic E-state index is 3.89. The first-order valence-corrected chi connectivity index (χ1v) is 17.4. The SMILES string of the molecule is BC(CC(/C=C\C=C)/C=C\C=C)CC(CCCCCC/C1=C(\CCC)C/C=C\C=C/C1)/C(=C\c1ccccc1C)CCC. The Labute approximate surface area is 267 Å². The van der Waals surface area contributed by atoms with E-state index >= 15 is 0 Å². The number of hydrogen-bond acceptors (Lipinski definition) is 0. The molecule has 0 saturated carbocycles. The second-order valence-corrected chi connectivity index (χ2v) is 12.7. The Morgan fingerprint density at radius 1 is 0.837 bits per heavy atom. The van der Waals surface area contributed by atoms with Crippen LogP contribution < -0.4 is 0 Å². The first-order chi connectivity index (χ1) is 21.0. The summed E-state index contributed by atoms with van der Waals surface area (Å²) in [5, 5.41) is 0. The van der Waals surface area contributed by atoms with E-state index in [9.17, 15) is 0 Å². The van der Waals surface area contributed by atoms with Crippen LogP contribution in [0.5, 0.6) is 0 Å². The van der Waals surface area contributed by atoms with Gasteiger partial charge in [0, 0.05) is 0 Å². The lowest BCUT2D eigenvalue weighted by atomic mass is 9.71. The number of hydrogen-bond donors (Lipinski definition) is 0. The summed E-state index contributed by atoms with van der Waals surface area (Å²) in [6, 6.07) is 8.89. The van der Waals surface area contributed by atoms with Crippen molar-refractivity contribution in [3.05, 3.63) is 126 Å². The minimum Gasteiger partial charge on any atom is -0.0991 e. The molecule has 0 amide bonds. The third-order valence-electron chi connectivity index (χ3n) is 8.89. The lowest BCUT2D eigenvalue weighted by molar-refractivity contribution is 0.441. The van der Waals surface area contributed by atoms with Crippen molar-refractivity contribution in [1.29, 1.82) is 0 Å². The Hall–Kier alpha value is -2.80. The fraction of sp³-hybridized carbons (Fsp3) is 0.476. The molecule has 0 fully saturated rings. The smallest absolute Gasteiger partial charge is 0.0991 e. The number of unbranched alkanes of at least 4 members (excludes halogenated alkanes) is 3. The average molecular weight is 577 g/mol. The van der Waals surface area contributed by atoms with Crippen LogP contribution in [0.25, 0.3) is 6.08 Å². The Bertz CT molecular complexity index is 1100. The van der Waals surface area contributed by atoms with Crippen LogP contribution in [0, 0.1) is 18.8 Å². The van der Waals surface area contributed by atoms with E-state index < -0.39 is 0 Å². The minimum absolute atomic E-state index is 0.423. The summed E-state index contributed by atoms with van der Waals surface area (Å²) in [6.07, 6.45) is 41.8. The number of rotatable bonds is 21. The highest BCUT2D eigenvalue weighted by molar-refractivity contribution is 6.11. The average Bonchev–Trinajstić information content (AvgIpc) is 2.99. The topological polar surface area (TPSA) is 0 Å². The van der Waals surface area contributed by atoms with Gasteiger partial charge in [-0.15, -0.1) is 0 Å². The van der Waals surface area contributed by atoms with Gasteiger partial charge in [0.2, 0.25) is 0 Å². The summed E-state index contributed by atoms with van der Waals surface area (Å²) in [7, 11) is 2.46. The van der Waals surface area contributed by atoms with Crippen LogP contribution in [0.15, 0.2) is 115 Å². The molecular weight excluding hydrogens is 515 g/mol. The molecule has 1 aliphatic carbocycles. The molecule has 2 atom stereocenters. The molecule has 1 aromatic carbocycles. The van der Waals surface area contributed by atoms with E-state index in [0.717, 1.165) is 19.3 Å². The van der Waals surface area contributed by atoms with Gasteiger partial charge >= 0.3 is 0 Å². The van der Waals surface area contributed by atoms with Gasteiger partial charge in [0.25, 0.3) is 0 Å². The van der Waals surface area contributed by atoms with E-state index in [-0.39, 0.29) is 0 Å². The molecule has 0 radical (unpaired) electrons. The van der Waals surface area contributed by atoms with Crippen LogP contribution in [-0.4, -0.2) is 7.85 Å². The van der Waals surface area contributed by atoms with Crippen LogP contribution in [0.3, 0.4) is 0 Å². The highest BCUT2D eigenvalue weighted by Gasteiger charge is 2.19. The zero-order chi connectivity index (χ0) is 31.1. The van der Waals surface area contributed by atoms with Gasteiger partial charge in [-0.25, -0.2) is 0 Å². The largest absolute Gasteiger partial charge is 0.105 e. The van der Waals surface area contributed by atoms with Crippen molar-refractivity contribution in [3.8, 4) is 0 Å². The maximum atomic E-state index is 3.89. The van der Waals surface area contributed by atoms with Gasteiger partial charge in [-0.05, 0) is 81.3 Å². The van der Waals surface area contributed by atoms with Crippen molar-refractivity contribution in [2.75, 3.05) is 0 Å². The Kier molecular flexibility index (Phi) is 19.2. The zero-order valence-electron chi connectivity index (χ0n) is 28.2. The molecule has 1 aliphatic rings. The van der Waals surface area contributed by atoms with Crippen molar-refractivity contribution in [1.82, 2.24) is 0 Å². The summed E-state index contributed by atoms with van der Waals surface area (Å²) in [5.74, 6) is 1.71. The summed E-state index contributed by atoms with van der Waals surface area (Å²) in [4.78, 5) is 0. The van der Waals surface area contributed by atoms with Gasteiger partial charge in [-0.1, -0.05) is 179 Å². The molecule has 43 heavy (non-hydrogen) atoms. The standard InChI is InChI=1S/C42H61B/c1-6-10-25-36(26-11-7-2)32-42(43)34-41(40(23-9-4)33-39-30-21-20-24-35(39)5)31-19-15-14-18-29-38-28-17-13-12-16-27-37(38)22-8-3/h6-7,10-13,16-17,20-21,24-26,30,33,36,41-42H,1-2,8-9,14-15,18-19,22-23,27-29,31-32,34,43H2,3-5H3/b16-12-,17-13-,25-10-,26-11-,38-37+,40-33-. The molecule has 0 N–H and O–H groups in total. The predicted octanol–water partition coefficient (Wildman–Crippen LogP) is 12.4. The maximum Gasteiger partial charge on any atom is 0.105 e. The Balaban J connectivity index is 2.10. The van der Waals surface area contributed by atoms with Gasteiger partial charge in [0.05, 0.1) is 0 Å². The van der Waals surface area contributed by atoms with Crippen LogP contribution in [0.1, 0.15) is 115 Å². The first kappa shape index (κ1) is 36.4. The van der Waals surface area contributed by atoms with E-state index in [1.807, 2.05) is 12.2 Å². The van der Waals surface area contributed by atoms with Crippen molar-refractivity contribution in [2.45, 2.75) is 116 Å². The molecule has 0 nitrogen and oxygen atoms in total. The van der Waals surface area contributed by atoms with Gasteiger partial charge in [0.15, 0.2) is 0 Å². The quantitative estimate of drug-likeness (QED) is 0.0591. The summed E-state index contributed by atoms with van der Waals surface area (Å²) in [5.41, 5.74) is 7.84. The van der Waals surface area contributed by atoms with Crippen LogP contribution in [-0.2, 0) is 0 Å². The van der Waals surface area contributed by atoms with Gasteiger partial charge in [-0.3, -0.25) is 0 Å². The summed E-state index contributed by atoms with van der Waals surface area (Å²) < 4.78 is 0. The summed E-state index contributed by atoms with van der Waals surface area (Å²) in [6.45, 7) is 14.7. The van der Waals surface area contributed by atoms with Gasteiger partial charge in [0.1, 0.15) is 7.85 Å². The van der Waals surface area contributed by atoms with E-state index in [2.05, 4.69) is 121 Å². The third kappa shape index (κ3) is 15.0. The number of allylic oxidation sites excluding steroid dienone is 13. The van der Waals surface area contributed by atoms with E-state index in [1.165, 1.54) is 81.8 Å². The molecule has 1 heteroatoms. The molecule has 1 aromatic rings. The van der Waals surface area contributed by atoms with Crippen LogP contribution in [0.4, 0.5) is 0 Å². The first-order valence-electron chi connectivity index (χ1n) is 17.4. The predicted molar refractivity (Wildman–Crippen MR) is 198 cm³/mol. The normalized spacial score (nSPS) is 18.9. The van der Waals surface area contributed by atoms with Crippen LogP contribution >= 0.6 is 0 Å². The van der Waals surface area contributed by atoms with Crippen LogP contribution in [0.2, 0.25) is 5.82 Å². The van der Waals surface area contributed by atoms with E-state index in [1.54, 1.807) is 16.7 Å². The molecule has 0 bridgehead atoms. The van der Waals surface area contributed by atoms with Crippen molar-refractivity contribution >= 4 is 13.9 Å². The lowest BCUT2D eigenvalue weighted by Crippen LogP contribution is -2.11. The lowest BCUT2D eigenvalue weighted by Gasteiger charge is -2.26. The van der Waals surface area contributed by atoms with E-state index in [4.69, 9.17) is 0 Å². The molecule has 0 saturated heterocycles. The molecule has 0 heterocycles. The highest BCUT2D eigenvalue weighted by Crippen LogP contribution is 2.35. The van der Waals surface area contributed by atoms with E-state index in [0.29, 0.717) is 17.7 Å². The van der Waals surface area contributed by atoms with Crippen molar-refractivity contribution < 1.29 is 0 Å². The molecule has 2 unspecified atom stereocenters. The number of aryl methyl sites for hydroxylation is 1. The highest BCUT2D eigenvalue weighted by atomic mass is 14.2. The monoisotopic (exact) mass is 576 g/mol. The molecule has 0 aromatic heterocycles. The van der Waals surface area contributed by atoms with Crippen molar-refractivity contribution in [2.24, 2.45) is 11.8 Å². The Morgan fingerprint density at radius 2 is 1.49 bits per heavy atom. The second-order valence-electron chi connectivity index (χ2n) is 12.7. The molecule has 232 valence electrons. The van der Waals surface area contributed by atoms with Crippen molar-refractivity contribution in [3.63, 3.8) is 0 Å². The number of benzene rings is 1. The van der Waals surface area contributed by atoms with Gasteiger partial charge < -0.3 is 0 Å². The summed E-state index contributed by atoms with van der Waals surface area (Å²) >= 11 is 0.